The molecule has 0 spiro atoms. The van der Waals surface area contributed by atoms with Crippen molar-refractivity contribution in [2.24, 2.45) is 5.84 Å². The van der Waals surface area contributed by atoms with Crippen LogP contribution in [0.5, 0.6) is 0 Å². The number of nitrogens with two attached hydrogens (primary N) is 1. The topological polar surface area (TPSA) is 50.9 Å². The van der Waals surface area contributed by atoms with E-state index in [1.807, 2.05) is 0 Å². The van der Waals surface area contributed by atoms with E-state index in [4.69, 9.17) is 10.8 Å². The molecular formula is C13H16BrN3. The van der Waals surface area contributed by atoms with Crippen LogP contribution >= 0.6 is 15.9 Å². The molecule has 0 saturated carbocycles. The lowest BCUT2D eigenvalue weighted by molar-refractivity contribution is 1.03. The van der Waals surface area contributed by atoms with E-state index < -0.39 is 0 Å². The summed E-state index contributed by atoms with van der Waals surface area (Å²) in [4.78, 5) is 4.70. The third-order valence-corrected chi connectivity index (χ3v) is 3.62. The fourth-order valence-corrected chi connectivity index (χ4v) is 2.80. The average Bonchev–Trinajstić information content (AvgIpc) is 2.28. The highest BCUT2D eigenvalue weighted by atomic mass is 79.9. The van der Waals surface area contributed by atoms with E-state index in [0.717, 1.165) is 38.7 Å². The number of hydrogen-bond donors (Lipinski definition) is 2. The largest absolute Gasteiger partial charge is 0.323 e. The molecule has 0 bridgehead atoms. The Morgan fingerprint density at radius 2 is 2.06 bits per heavy atom. The minimum atomic E-state index is 0.900. The predicted octanol–water partition coefficient (Wildman–Crippen LogP) is 3.46. The molecule has 2 rings (SSSR count). The second-order valence-electron chi connectivity index (χ2n) is 4.20. The number of hydrazine groups is 1. The number of nitrogens with one attached hydrogen (secondary N) is 1. The first-order valence-corrected chi connectivity index (χ1v) is 6.43. The quantitative estimate of drug-likeness (QED) is 0.658. The number of fused-ring (bicyclic) bond motifs is 1. The Morgan fingerprint density at radius 3 is 2.65 bits per heavy atom. The van der Waals surface area contributed by atoms with Crippen LogP contribution in [-0.2, 0) is 6.42 Å². The number of pyridine rings is 1. The maximum Gasteiger partial charge on any atom is 0.0868 e. The van der Waals surface area contributed by atoms with Gasteiger partial charge in [0.15, 0.2) is 0 Å². The van der Waals surface area contributed by atoms with Gasteiger partial charge in [-0.25, -0.2) is 0 Å². The van der Waals surface area contributed by atoms with Crippen LogP contribution in [0.2, 0.25) is 0 Å². The molecule has 0 aliphatic carbocycles. The fourth-order valence-electron chi connectivity index (χ4n) is 2.13. The number of nitrogens with zero attached hydrogens (tertiary/aromatic N) is 1. The second kappa shape index (κ2) is 4.63. The molecule has 3 nitrogen and oxygen atoms in total. The lowest BCUT2D eigenvalue weighted by Gasteiger charge is -2.14. The van der Waals surface area contributed by atoms with Crippen LogP contribution < -0.4 is 11.3 Å². The third-order valence-electron chi connectivity index (χ3n) is 3.01. The standard InChI is InChI=1S/C13H16BrN3/c1-4-11-8(3)12(17-15)9-5-7(2)6-10(14)13(9)16-11/h5-6H,4,15H2,1-3H3,(H,16,17). The van der Waals surface area contributed by atoms with Gasteiger partial charge in [-0.2, -0.15) is 0 Å². The molecule has 0 aliphatic heterocycles. The minimum Gasteiger partial charge on any atom is -0.323 e. The third kappa shape index (κ3) is 2.03. The Morgan fingerprint density at radius 1 is 1.35 bits per heavy atom. The highest BCUT2D eigenvalue weighted by Gasteiger charge is 2.12. The first-order chi connectivity index (χ1) is 8.08. The molecule has 3 N–H and O–H groups in total. The predicted molar refractivity (Wildman–Crippen MR) is 76.1 cm³/mol. The minimum absolute atomic E-state index is 0.900. The molecule has 0 amide bonds. The molecule has 90 valence electrons. The van der Waals surface area contributed by atoms with Gasteiger partial charge in [0.1, 0.15) is 0 Å². The number of hydrogen-bond acceptors (Lipinski definition) is 3. The second-order valence-corrected chi connectivity index (χ2v) is 5.05. The summed E-state index contributed by atoms with van der Waals surface area (Å²) in [6.07, 6.45) is 0.900. The molecule has 0 atom stereocenters. The summed E-state index contributed by atoms with van der Waals surface area (Å²) < 4.78 is 1.01. The Balaban J connectivity index is 2.92. The highest BCUT2D eigenvalue weighted by molar-refractivity contribution is 9.10. The molecule has 2 aromatic rings. The number of nitrogen functional groups attached to an aromatic ring is 1. The van der Waals surface area contributed by atoms with Crippen LogP contribution in [0.3, 0.4) is 0 Å². The van der Waals surface area contributed by atoms with Crippen LogP contribution in [0.15, 0.2) is 16.6 Å². The Labute approximate surface area is 110 Å². The van der Waals surface area contributed by atoms with Gasteiger partial charge in [-0.15, -0.1) is 0 Å². The number of rotatable bonds is 2. The fraction of sp³-hybridized carbons (Fsp3) is 0.308. The van der Waals surface area contributed by atoms with Gasteiger partial charge in [-0.1, -0.05) is 6.92 Å². The zero-order chi connectivity index (χ0) is 12.6. The first kappa shape index (κ1) is 12.3. The van der Waals surface area contributed by atoms with Crippen LogP contribution in [0.4, 0.5) is 5.69 Å². The van der Waals surface area contributed by atoms with Gasteiger partial charge in [-0.05, 0) is 59.5 Å². The Kier molecular flexibility index (Phi) is 3.35. The van der Waals surface area contributed by atoms with Crippen molar-refractivity contribution in [3.63, 3.8) is 0 Å². The molecule has 0 radical (unpaired) electrons. The number of benzene rings is 1. The van der Waals surface area contributed by atoms with Crippen molar-refractivity contribution in [2.75, 3.05) is 5.43 Å². The molecule has 1 aromatic heterocycles. The lowest BCUT2D eigenvalue weighted by Crippen LogP contribution is -2.11. The number of aryl methyl sites for hydroxylation is 2. The maximum absolute atomic E-state index is 5.65. The van der Waals surface area contributed by atoms with Gasteiger partial charge >= 0.3 is 0 Å². The summed E-state index contributed by atoms with van der Waals surface area (Å²) in [6.45, 7) is 6.22. The molecular weight excluding hydrogens is 278 g/mol. The van der Waals surface area contributed by atoms with Crippen molar-refractivity contribution in [2.45, 2.75) is 27.2 Å². The van der Waals surface area contributed by atoms with E-state index in [0.29, 0.717) is 0 Å². The zero-order valence-electron chi connectivity index (χ0n) is 10.3. The van der Waals surface area contributed by atoms with E-state index in [9.17, 15) is 0 Å². The average molecular weight is 294 g/mol. The van der Waals surface area contributed by atoms with Crippen molar-refractivity contribution >= 4 is 32.5 Å². The first-order valence-electron chi connectivity index (χ1n) is 5.64. The SMILES string of the molecule is CCc1nc2c(Br)cc(C)cc2c(NN)c1C. The highest BCUT2D eigenvalue weighted by Crippen LogP contribution is 2.32. The van der Waals surface area contributed by atoms with Gasteiger partial charge in [0, 0.05) is 15.6 Å². The summed E-state index contributed by atoms with van der Waals surface area (Å²) in [5, 5.41) is 1.06. The van der Waals surface area contributed by atoms with Crippen molar-refractivity contribution < 1.29 is 0 Å². The summed E-state index contributed by atoms with van der Waals surface area (Å²) >= 11 is 3.57. The number of aromatic nitrogens is 1. The van der Waals surface area contributed by atoms with Crippen LogP contribution in [0.25, 0.3) is 10.9 Å². The van der Waals surface area contributed by atoms with Crippen molar-refractivity contribution in [3.8, 4) is 0 Å². The molecule has 0 fully saturated rings. The smallest absolute Gasteiger partial charge is 0.0868 e. The molecule has 4 heteroatoms. The summed E-state index contributed by atoms with van der Waals surface area (Å²) in [5.74, 6) is 5.65. The lowest BCUT2D eigenvalue weighted by atomic mass is 10.0. The maximum atomic E-state index is 5.65. The van der Waals surface area contributed by atoms with Crippen LogP contribution in [0, 0.1) is 13.8 Å². The molecule has 0 unspecified atom stereocenters. The normalized spacial score (nSPS) is 10.9. The van der Waals surface area contributed by atoms with E-state index in [1.54, 1.807) is 0 Å². The van der Waals surface area contributed by atoms with Gasteiger partial charge < -0.3 is 5.43 Å². The van der Waals surface area contributed by atoms with Crippen molar-refractivity contribution in [3.05, 3.63) is 33.4 Å². The summed E-state index contributed by atoms with van der Waals surface area (Å²) in [7, 11) is 0. The molecule has 0 saturated heterocycles. The van der Waals surface area contributed by atoms with Gasteiger partial charge in [0.05, 0.1) is 11.2 Å². The monoisotopic (exact) mass is 293 g/mol. The van der Waals surface area contributed by atoms with E-state index >= 15 is 0 Å². The number of anilines is 1. The van der Waals surface area contributed by atoms with Gasteiger partial charge in [0.2, 0.25) is 0 Å². The molecule has 1 aromatic carbocycles. The molecule has 0 aliphatic rings. The van der Waals surface area contributed by atoms with Gasteiger partial charge in [-0.3, -0.25) is 10.8 Å². The van der Waals surface area contributed by atoms with Crippen molar-refractivity contribution in [1.82, 2.24) is 4.98 Å². The van der Waals surface area contributed by atoms with Crippen LogP contribution in [0.1, 0.15) is 23.7 Å². The van der Waals surface area contributed by atoms with Crippen molar-refractivity contribution in [1.29, 1.82) is 0 Å². The Bertz CT molecular complexity index is 579. The summed E-state index contributed by atoms with van der Waals surface area (Å²) in [5.41, 5.74) is 8.13. The molecule has 17 heavy (non-hydrogen) atoms. The Hall–Kier alpha value is -1.13. The van der Waals surface area contributed by atoms with Gasteiger partial charge in [0.25, 0.3) is 0 Å². The van der Waals surface area contributed by atoms with E-state index in [-0.39, 0.29) is 0 Å². The van der Waals surface area contributed by atoms with E-state index in [1.165, 1.54) is 5.56 Å². The zero-order valence-corrected chi connectivity index (χ0v) is 11.9. The van der Waals surface area contributed by atoms with E-state index in [2.05, 4.69) is 54.3 Å². The summed E-state index contributed by atoms with van der Waals surface area (Å²) in [6, 6.07) is 4.18. The van der Waals surface area contributed by atoms with Crippen LogP contribution in [-0.4, -0.2) is 4.98 Å². The molecule has 1 heterocycles. The number of halogens is 1.